The molecule has 0 spiro atoms. The van der Waals surface area contributed by atoms with Crippen molar-refractivity contribution in [3.05, 3.63) is 53.6 Å². The largest absolute Gasteiger partial charge is 0.317 e. The minimum absolute atomic E-state index is 0.752. The van der Waals surface area contributed by atoms with Crippen molar-refractivity contribution in [3.8, 4) is 11.3 Å². The van der Waals surface area contributed by atoms with Gasteiger partial charge in [-0.1, -0.05) is 54.8 Å². The Morgan fingerprint density at radius 1 is 1.11 bits per heavy atom. The summed E-state index contributed by atoms with van der Waals surface area (Å²) in [4.78, 5) is 4.57. The van der Waals surface area contributed by atoms with Crippen LogP contribution in [0.5, 0.6) is 0 Å². The van der Waals surface area contributed by atoms with E-state index in [0.29, 0.717) is 0 Å². The van der Waals surface area contributed by atoms with Crippen molar-refractivity contribution in [1.29, 1.82) is 0 Å². The Balaban J connectivity index is 2.55. The summed E-state index contributed by atoms with van der Waals surface area (Å²) in [5, 5.41) is 0. The average Bonchev–Trinajstić information content (AvgIpc) is 2.40. The highest BCUT2D eigenvalue weighted by molar-refractivity contribution is 7.81. The number of aryl methyl sites for hydroxylation is 1. The van der Waals surface area contributed by atoms with Gasteiger partial charge in [0.15, 0.2) is 0 Å². The third kappa shape index (κ3) is 2.74. The Labute approximate surface area is 113 Å². The van der Waals surface area contributed by atoms with Gasteiger partial charge in [-0.05, 0) is 26.0 Å². The molecule has 0 saturated carbocycles. The van der Waals surface area contributed by atoms with Crippen LogP contribution in [0.25, 0.3) is 17.3 Å². The van der Waals surface area contributed by atoms with Crippen LogP contribution in [0.4, 0.5) is 5.82 Å². The molecule has 2 rings (SSSR count). The van der Waals surface area contributed by atoms with Crippen molar-refractivity contribution in [2.75, 3.05) is 4.72 Å². The van der Waals surface area contributed by atoms with Crippen LogP contribution in [0.1, 0.15) is 18.1 Å². The predicted molar refractivity (Wildman–Crippen MR) is 81.7 cm³/mol. The first-order valence-corrected chi connectivity index (χ1v) is 6.30. The van der Waals surface area contributed by atoms with Crippen molar-refractivity contribution in [3.63, 3.8) is 0 Å². The first-order valence-electron chi connectivity index (χ1n) is 5.85. The van der Waals surface area contributed by atoms with Gasteiger partial charge in [0, 0.05) is 11.1 Å². The molecule has 0 fully saturated rings. The first kappa shape index (κ1) is 12.7. The molecule has 0 atom stereocenters. The molecule has 0 unspecified atom stereocenters. The van der Waals surface area contributed by atoms with Gasteiger partial charge in [0.1, 0.15) is 5.82 Å². The number of hydrogen-bond donors (Lipinski definition) is 2. The Morgan fingerprint density at radius 3 is 2.44 bits per heavy atom. The van der Waals surface area contributed by atoms with Gasteiger partial charge in [0.05, 0.1) is 5.69 Å². The molecule has 0 radical (unpaired) electrons. The van der Waals surface area contributed by atoms with E-state index in [-0.39, 0.29) is 0 Å². The molecule has 18 heavy (non-hydrogen) atoms. The van der Waals surface area contributed by atoms with Gasteiger partial charge < -0.3 is 4.72 Å². The Hall–Kier alpha value is -1.74. The number of hydrogen-bond acceptors (Lipinski definition) is 3. The molecule has 0 bridgehead atoms. The molecule has 2 aromatic rings. The fourth-order valence-corrected chi connectivity index (χ4v) is 1.91. The number of pyridine rings is 1. The molecule has 0 saturated heterocycles. The van der Waals surface area contributed by atoms with Crippen molar-refractivity contribution in [2.24, 2.45) is 0 Å². The van der Waals surface area contributed by atoms with Crippen molar-refractivity contribution in [1.82, 2.24) is 4.98 Å². The van der Waals surface area contributed by atoms with Gasteiger partial charge >= 0.3 is 0 Å². The molecule has 1 aromatic carbocycles. The normalized spacial score (nSPS) is 10.8. The summed E-state index contributed by atoms with van der Waals surface area (Å²) < 4.78 is 2.78. The summed E-state index contributed by atoms with van der Waals surface area (Å²) in [5.74, 6) is 0.752. The van der Waals surface area contributed by atoms with Gasteiger partial charge in [-0.3, -0.25) is 0 Å². The highest BCUT2D eigenvalue weighted by Crippen LogP contribution is 2.25. The highest BCUT2D eigenvalue weighted by atomic mass is 32.1. The highest BCUT2D eigenvalue weighted by Gasteiger charge is 2.05. The van der Waals surface area contributed by atoms with Crippen LogP contribution in [0.2, 0.25) is 0 Å². The molecule has 92 valence electrons. The maximum atomic E-state index is 4.57. The molecule has 1 N–H and O–H groups in total. The lowest BCUT2D eigenvalue weighted by molar-refractivity contribution is 1.32. The Morgan fingerprint density at radius 2 is 1.83 bits per heavy atom. The molecule has 0 aliphatic heterocycles. The summed E-state index contributed by atoms with van der Waals surface area (Å²) in [6, 6.07) is 12.3. The zero-order chi connectivity index (χ0) is 13.0. The van der Waals surface area contributed by atoms with Gasteiger partial charge in [0.2, 0.25) is 0 Å². The maximum Gasteiger partial charge on any atom is 0.136 e. The standard InChI is InChI=1S/C15H16N2S/c1-3-4-12-9-10-14(17-18)16-15(12)13-7-5-11(2)6-8-13/h3-10,18H,1-2H3,(H,16,17)/b4-3+. The number of rotatable bonds is 3. The second kappa shape index (κ2) is 5.74. The minimum atomic E-state index is 0.752. The monoisotopic (exact) mass is 256 g/mol. The molecular formula is C15H16N2S. The van der Waals surface area contributed by atoms with Gasteiger partial charge in [-0.25, -0.2) is 4.98 Å². The number of anilines is 1. The van der Waals surface area contributed by atoms with Gasteiger partial charge in [0.25, 0.3) is 0 Å². The quantitative estimate of drug-likeness (QED) is 0.798. The fourth-order valence-electron chi connectivity index (χ4n) is 1.79. The van der Waals surface area contributed by atoms with Gasteiger partial charge in [-0.2, -0.15) is 0 Å². The van der Waals surface area contributed by atoms with E-state index in [0.717, 1.165) is 22.6 Å². The van der Waals surface area contributed by atoms with E-state index in [1.165, 1.54) is 5.56 Å². The van der Waals surface area contributed by atoms with E-state index in [2.05, 4.69) is 59.8 Å². The third-order valence-corrected chi connectivity index (χ3v) is 2.94. The van der Waals surface area contributed by atoms with Crippen molar-refractivity contribution < 1.29 is 0 Å². The number of nitrogens with one attached hydrogen (secondary N) is 1. The summed E-state index contributed by atoms with van der Waals surface area (Å²) in [6.45, 7) is 4.08. The van der Waals surface area contributed by atoms with E-state index < -0.39 is 0 Å². The van der Waals surface area contributed by atoms with Crippen LogP contribution in [0, 0.1) is 6.92 Å². The van der Waals surface area contributed by atoms with Crippen LogP contribution >= 0.6 is 12.8 Å². The molecule has 0 aliphatic carbocycles. The van der Waals surface area contributed by atoms with E-state index in [1.807, 2.05) is 25.1 Å². The van der Waals surface area contributed by atoms with E-state index in [4.69, 9.17) is 0 Å². The molecule has 0 aliphatic rings. The van der Waals surface area contributed by atoms with E-state index >= 15 is 0 Å². The zero-order valence-corrected chi connectivity index (χ0v) is 11.4. The van der Waals surface area contributed by atoms with E-state index in [1.54, 1.807) is 0 Å². The molecule has 1 aromatic heterocycles. The summed E-state index contributed by atoms with van der Waals surface area (Å²) in [7, 11) is 0. The number of allylic oxidation sites excluding steroid dienone is 1. The lowest BCUT2D eigenvalue weighted by atomic mass is 10.0. The van der Waals surface area contributed by atoms with Crippen LogP contribution in [0.3, 0.4) is 0 Å². The third-order valence-electron chi connectivity index (χ3n) is 2.71. The molecule has 3 heteroatoms. The predicted octanol–water partition coefficient (Wildman–Crippen LogP) is 4.35. The SMILES string of the molecule is C/C=C/c1ccc(NS)nc1-c1ccc(C)cc1. The minimum Gasteiger partial charge on any atom is -0.317 e. The molecule has 0 amide bonds. The number of thiol groups is 1. The van der Waals surface area contributed by atoms with Crippen LogP contribution in [-0.4, -0.2) is 4.98 Å². The topological polar surface area (TPSA) is 24.9 Å². The zero-order valence-electron chi connectivity index (χ0n) is 10.5. The summed E-state index contributed by atoms with van der Waals surface area (Å²) >= 11 is 4.04. The summed E-state index contributed by atoms with van der Waals surface area (Å²) in [6.07, 6.45) is 4.08. The van der Waals surface area contributed by atoms with Crippen LogP contribution < -0.4 is 4.72 Å². The Kier molecular flexibility index (Phi) is 4.05. The molecular weight excluding hydrogens is 240 g/mol. The lowest BCUT2D eigenvalue weighted by Crippen LogP contribution is -1.93. The average molecular weight is 256 g/mol. The second-order valence-electron chi connectivity index (χ2n) is 4.11. The summed E-state index contributed by atoms with van der Waals surface area (Å²) in [5.41, 5.74) is 4.43. The molecule has 1 heterocycles. The van der Waals surface area contributed by atoms with E-state index in [9.17, 15) is 0 Å². The van der Waals surface area contributed by atoms with Gasteiger partial charge in [-0.15, -0.1) is 0 Å². The lowest BCUT2D eigenvalue weighted by Gasteiger charge is -2.08. The smallest absolute Gasteiger partial charge is 0.136 e. The molecule has 2 nitrogen and oxygen atoms in total. The Bertz CT molecular complexity index is 559. The number of nitrogens with zero attached hydrogens (tertiary/aromatic N) is 1. The second-order valence-corrected chi connectivity index (χ2v) is 4.34. The fraction of sp³-hybridized carbons (Fsp3) is 0.133. The van der Waals surface area contributed by atoms with Crippen molar-refractivity contribution >= 4 is 24.7 Å². The van der Waals surface area contributed by atoms with Crippen LogP contribution in [0.15, 0.2) is 42.5 Å². The van der Waals surface area contributed by atoms with Crippen LogP contribution in [-0.2, 0) is 0 Å². The number of benzene rings is 1. The van der Waals surface area contributed by atoms with Crippen molar-refractivity contribution in [2.45, 2.75) is 13.8 Å². The maximum absolute atomic E-state index is 4.57. The first-order chi connectivity index (χ1) is 8.74. The number of aromatic nitrogens is 1.